The second-order valence-electron chi connectivity index (χ2n) is 6.81. The lowest BCUT2D eigenvalue weighted by Gasteiger charge is -2.28. The van der Waals surface area contributed by atoms with Gasteiger partial charge >= 0.3 is 6.03 Å². The van der Waals surface area contributed by atoms with E-state index in [0.29, 0.717) is 19.6 Å². The molecule has 2 aliphatic rings. The van der Waals surface area contributed by atoms with E-state index in [1.165, 1.54) is 4.90 Å². The fourth-order valence-corrected chi connectivity index (χ4v) is 3.70. The van der Waals surface area contributed by atoms with E-state index in [4.69, 9.17) is 0 Å². The predicted molar refractivity (Wildman–Crippen MR) is 91.8 cm³/mol. The van der Waals surface area contributed by atoms with E-state index < -0.39 is 11.6 Å². The Kier molecular flexibility index (Phi) is 4.76. The van der Waals surface area contributed by atoms with Gasteiger partial charge in [0.25, 0.3) is 5.91 Å². The molecule has 2 fully saturated rings. The zero-order chi connectivity index (χ0) is 17.2. The number of aliphatic hydroxyl groups is 1. The van der Waals surface area contributed by atoms with Gasteiger partial charge in [-0.2, -0.15) is 0 Å². The maximum Gasteiger partial charge on any atom is 0.325 e. The highest BCUT2D eigenvalue weighted by Gasteiger charge is 2.52. The molecule has 0 aromatic heterocycles. The summed E-state index contributed by atoms with van der Waals surface area (Å²) in [7, 11) is 0. The Morgan fingerprint density at radius 3 is 2.54 bits per heavy atom. The largest absolute Gasteiger partial charge is 0.392 e. The first-order valence-corrected chi connectivity index (χ1v) is 8.64. The van der Waals surface area contributed by atoms with Gasteiger partial charge in [-0.3, -0.25) is 9.69 Å². The molecule has 1 atom stereocenters. The molecule has 24 heavy (non-hydrogen) atoms. The molecule has 6 nitrogen and oxygen atoms in total. The van der Waals surface area contributed by atoms with Crippen LogP contribution in [-0.2, 0) is 4.79 Å². The number of para-hydroxylation sites is 1. The topological polar surface area (TPSA) is 72.9 Å². The summed E-state index contributed by atoms with van der Waals surface area (Å²) in [6, 6.07) is 9.45. The van der Waals surface area contributed by atoms with E-state index in [1.807, 2.05) is 35.2 Å². The summed E-state index contributed by atoms with van der Waals surface area (Å²) in [5.74, 6) is -0.0879. The Labute approximate surface area is 142 Å². The van der Waals surface area contributed by atoms with Crippen LogP contribution >= 0.6 is 0 Å². The monoisotopic (exact) mass is 331 g/mol. The van der Waals surface area contributed by atoms with Gasteiger partial charge in [0.15, 0.2) is 0 Å². The number of nitrogens with zero attached hydrogens (tertiary/aromatic N) is 2. The maximum absolute atomic E-state index is 12.7. The summed E-state index contributed by atoms with van der Waals surface area (Å²) < 4.78 is 0. The minimum absolute atomic E-state index is 0.0879. The SMILES string of the molecule is C[C@@H](O)CN(CCN1C(=O)NC2(CCCC2)C1=O)c1ccccc1. The maximum atomic E-state index is 12.7. The van der Waals surface area contributed by atoms with Crippen LogP contribution in [0.2, 0.25) is 0 Å². The fourth-order valence-electron chi connectivity index (χ4n) is 3.70. The minimum Gasteiger partial charge on any atom is -0.392 e. The van der Waals surface area contributed by atoms with Crippen LogP contribution in [0.15, 0.2) is 30.3 Å². The molecule has 3 rings (SSSR count). The molecule has 0 unspecified atom stereocenters. The highest BCUT2D eigenvalue weighted by Crippen LogP contribution is 2.34. The number of carbonyl (C=O) groups excluding carboxylic acids is 2. The molecule has 1 aliphatic carbocycles. The Balaban J connectivity index is 1.68. The molecule has 1 heterocycles. The zero-order valence-corrected chi connectivity index (χ0v) is 14.1. The third kappa shape index (κ3) is 3.24. The third-order valence-electron chi connectivity index (χ3n) is 4.90. The lowest BCUT2D eigenvalue weighted by molar-refractivity contribution is -0.131. The molecule has 130 valence electrons. The second-order valence-corrected chi connectivity index (χ2v) is 6.81. The third-order valence-corrected chi connectivity index (χ3v) is 4.90. The van der Waals surface area contributed by atoms with Crippen molar-refractivity contribution in [2.24, 2.45) is 0 Å². The highest BCUT2D eigenvalue weighted by molar-refractivity contribution is 6.07. The van der Waals surface area contributed by atoms with E-state index in [2.05, 4.69) is 5.32 Å². The van der Waals surface area contributed by atoms with E-state index >= 15 is 0 Å². The van der Waals surface area contributed by atoms with Crippen molar-refractivity contribution in [3.05, 3.63) is 30.3 Å². The number of imide groups is 1. The van der Waals surface area contributed by atoms with Crippen molar-refractivity contribution < 1.29 is 14.7 Å². The van der Waals surface area contributed by atoms with Crippen molar-refractivity contribution in [1.82, 2.24) is 10.2 Å². The standard InChI is InChI=1S/C18H25N3O3/c1-14(22)13-20(15-7-3-2-4-8-15)11-12-21-16(23)18(19-17(21)24)9-5-6-10-18/h2-4,7-8,14,22H,5-6,9-13H2,1H3,(H,19,24)/t14-/m1/s1. The van der Waals surface area contributed by atoms with Crippen LogP contribution in [0.25, 0.3) is 0 Å². The molecule has 1 aromatic carbocycles. The van der Waals surface area contributed by atoms with Crippen LogP contribution in [-0.4, -0.2) is 53.2 Å². The molecule has 1 aromatic rings. The van der Waals surface area contributed by atoms with Gasteiger partial charge in [-0.25, -0.2) is 4.79 Å². The van der Waals surface area contributed by atoms with Gasteiger partial charge in [0.1, 0.15) is 5.54 Å². The first-order valence-electron chi connectivity index (χ1n) is 8.64. The van der Waals surface area contributed by atoms with Gasteiger partial charge in [-0.15, -0.1) is 0 Å². The fraction of sp³-hybridized carbons (Fsp3) is 0.556. The molecule has 1 spiro atoms. The summed E-state index contributed by atoms with van der Waals surface area (Å²) in [6.07, 6.45) is 2.96. The van der Waals surface area contributed by atoms with E-state index in [0.717, 1.165) is 31.4 Å². The Hall–Kier alpha value is -2.08. The van der Waals surface area contributed by atoms with Gasteiger partial charge in [-0.1, -0.05) is 31.0 Å². The smallest absolute Gasteiger partial charge is 0.325 e. The van der Waals surface area contributed by atoms with Crippen LogP contribution in [0.1, 0.15) is 32.6 Å². The number of anilines is 1. The predicted octanol–water partition coefficient (Wildman–Crippen LogP) is 1.74. The van der Waals surface area contributed by atoms with Crippen LogP contribution in [0.5, 0.6) is 0 Å². The Morgan fingerprint density at radius 2 is 1.92 bits per heavy atom. The lowest BCUT2D eigenvalue weighted by atomic mass is 9.98. The average molecular weight is 331 g/mol. The molecule has 2 N–H and O–H groups in total. The minimum atomic E-state index is -0.654. The second kappa shape index (κ2) is 6.81. The number of aliphatic hydroxyl groups excluding tert-OH is 1. The quantitative estimate of drug-likeness (QED) is 0.779. The van der Waals surface area contributed by atoms with Gasteiger partial charge in [0, 0.05) is 25.3 Å². The summed E-state index contributed by atoms with van der Waals surface area (Å²) >= 11 is 0. The molecule has 1 saturated carbocycles. The lowest BCUT2D eigenvalue weighted by Crippen LogP contribution is -2.45. The van der Waals surface area contributed by atoms with Gasteiger partial charge in [0.2, 0.25) is 0 Å². The van der Waals surface area contributed by atoms with E-state index in [9.17, 15) is 14.7 Å². The van der Waals surface area contributed by atoms with Crippen molar-refractivity contribution >= 4 is 17.6 Å². The number of carbonyl (C=O) groups is 2. The normalized spacial score (nSPS) is 20.5. The first kappa shape index (κ1) is 16.8. The number of nitrogens with one attached hydrogen (secondary N) is 1. The van der Waals surface area contributed by atoms with Gasteiger partial charge in [0.05, 0.1) is 6.10 Å². The molecule has 0 bridgehead atoms. The summed E-state index contributed by atoms with van der Waals surface area (Å²) in [5.41, 5.74) is 0.319. The highest BCUT2D eigenvalue weighted by atomic mass is 16.3. The number of hydrogen-bond acceptors (Lipinski definition) is 4. The molecular formula is C18H25N3O3. The van der Waals surface area contributed by atoms with Gasteiger partial charge < -0.3 is 15.3 Å². The molecule has 1 aliphatic heterocycles. The van der Waals surface area contributed by atoms with Crippen LogP contribution in [0.4, 0.5) is 10.5 Å². The summed E-state index contributed by atoms with van der Waals surface area (Å²) in [4.78, 5) is 28.3. The van der Waals surface area contributed by atoms with Crippen molar-refractivity contribution in [2.45, 2.75) is 44.2 Å². The first-order chi connectivity index (χ1) is 11.5. The van der Waals surface area contributed by atoms with Crippen molar-refractivity contribution in [2.75, 3.05) is 24.5 Å². The van der Waals surface area contributed by atoms with Crippen molar-refractivity contribution in [1.29, 1.82) is 0 Å². The average Bonchev–Trinajstić information content (AvgIpc) is 3.12. The van der Waals surface area contributed by atoms with Crippen LogP contribution in [0.3, 0.4) is 0 Å². The Morgan fingerprint density at radius 1 is 1.25 bits per heavy atom. The zero-order valence-electron chi connectivity index (χ0n) is 14.1. The molecule has 3 amide bonds. The van der Waals surface area contributed by atoms with Crippen molar-refractivity contribution in [3.63, 3.8) is 0 Å². The molecule has 0 radical (unpaired) electrons. The number of amides is 3. The van der Waals surface area contributed by atoms with E-state index in [1.54, 1.807) is 6.92 Å². The molecule has 1 saturated heterocycles. The summed E-state index contributed by atoms with van der Waals surface area (Å²) in [6.45, 7) is 3.02. The van der Waals surface area contributed by atoms with Gasteiger partial charge in [-0.05, 0) is 31.9 Å². The number of hydrogen-bond donors (Lipinski definition) is 2. The van der Waals surface area contributed by atoms with Crippen molar-refractivity contribution in [3.8, 4) is 0 Å². The Bertz CT molecular complexity index is 597. The molecular weight excluding hydrogens is 306 g/mol. The van der Waals surface area contributed by atoms with E-state index in [-0.39, 0.29) is 11.9 Å². The van der Waals surface area contributed by atoms with Crippen LogP contribution in [0, 0.1) is 0 Å². The molecule has 6 heteroatoms. The number of benzene rings is 1. The number of urea groups is 1. The summed E-state index contributed by atoms with van der Waals surface area (Å²) in [5, 5.41) is 12.6. The van der Waals surface area contributed by atoms with Crippen LogP contribution < -0.4 is 10.2 Å². The number of rotatable bonds is 6.